The summed E-state index contributed by atoms with van der Waals surface area (Å²) in [6.45, 7) is 0.336. The van der Waals surface area contributed by atoms with E-state index in [2.05, 4.69) is 60.7 Å². The van der Waals surface area contributed by atoms with Gasteiger partial charge in [-0.3, -0.25) is 4.79 Å². The molecule has 2 aliphatic heterocycles. The van der Waals surface area contributed by atoms with E-state index in [0.717, 1.165) is 29.2 Å². The molecule has 2 unspecified atom stereocenters. The summed E-state index contributed by atoms with van der Waals surface area (Å²) in [5.74, 6) is 0.215. The third kappa shape index (κ3) is 3.74. The van der Waals surface area contributed by atoms with Crippen LogP contribution in [0.15, 0.2) is 91.0 Å². The zero-order chi connectivity index (χ0) is 24.9. The van der Waals surface area contributed by atoms with E-state index in [0.29, 0.717) is 19.4 Å². The van der Waals surface area contributed by atoms with Crippen molar-refractivity contribution in [2.45, 2.75) is 43.7 Å². The van der Waals surface area contributed by atoms with Crippen LogP contribution in [0.5, 0.6) is 0 Å². The molecule has 4 nitrogen and oxygen atoms in total. The Labute approximate surface area is 216 Å². The van der Waals surface area contributed by atoms with Gasteiger partial charge in [0.25, 0.3) is 0 Å². The molecule has 0 radical (unpaired) electrons. The Kier molecular flexibility index (Phi) is 5.35. The highest BCUT2D eigenvalue weighted by molar-refractivity contribution is 6.01. The molecule has 4 aromatic rings. The molecule has 37 heavy (non-hydrogen) atoms. The first-order valence-electron chi connectivity index (χ1n) is 13.3. The average molecular weight is 488 g/mol. The third-order valence-electron chi connectivity index (χ3n) is 8.68. The van der Waals surface area contributed by atoms with Gasteiger partial charge in [-0.15, -0.1) is 0 Å². The monoisotopic (exact) mass is 487 g/mol. The lowest BCUT2D eigenvalue weighted by Crippen LogP contribution is -2.48. The lowest BCUT2D eigenvalue weighted by molar-refractivity contribution is 0.0506. The first kappa shape index (κ1) is 22.3. The molecule has 0 spiro atoms. The number of Topliss-reactive ketones (excluding diaryl/α,β-unsaturated/α-hetero) is 1. The normalized spacial score (nSPS) is 22.1. The van der Waals surface area contributed by atoms with Crippen molar-refractivity contribution in [3.8, 4) is 11.1 Å². The van der Waals surface area contributed by atoms with Crippen LogP contribution in [-0.2, 0) is 4.74 Å². The van der Waals surface area contributed by atoms with Gasteiger partial charge in [0.15, 0.2) is 5.78 Å². The Morgan fingerprint density at radius 3 is 2.00 bits per heavy atom. The van der Waals surface area contributed by atoms with Gasteiger partial charge >= 0.3 is 6.09 Å². The van der Waals surface area contributed by atoms with E-state index < -0.39 is 0 Å². The highest BCUT2D eigenvalue weighted by Crippen LogP contribution is 2.45. The van der Waals surface area contributed by atoms with Gasteiger partial charge in [-0.05, 0) is 64.8 Å². The van der Waals surface area contributed by atoms with Crippen LogP contribution in [0.3, 0.4) is 0 Å². The van der Waals surface area contributed by atoms with Crippen molar-refractivity contribution in [3.05, 3.63) is 108 Å². The van der Waals surface area contributed by atoms with Gasteiger partial charge in [-0.1, -0.05) is 84.9 Å². The maximum absolute atomic E-state index is 13.4. The summed E-state index contributed by atoms with van der Waals surface area (Å²) in [5.41, 5.74) is 5.68. The fourth-order valence-electron chi connectivity index (χ4n) is 6.94. The lowest BCUT2D eigenvalue weighted by Gasteiger charge is -2.37. The molecule has 1 aliphatic carbocycles. The molecule has 0 saturated carbocycles. The minimum atomic E-state index is -0.231. The molecule has 2 fully saturated rings. The Morgan fingerprint density at radius 1 is 0.730 bits per heavy atom. The lowest BCUT2D eigenvalue weighted by atomic mass is 9.84. The van der Waals surface area contributed by atoms with E-state index in [4.69, 9.17) is 4.74 Å². The number of amides is 1. The number of fused-ring (bicyclic) bond motifs is 6. The van der Waals surface area contributed by atoms with Crippen LogP contribution in [0, 0.1) is 5.92 Å². The molecule has 2 saturated heterocycles. The number of ketones is 1. The number of hydrogen-bond acceptors (Lipinski definition) is 3. The van der Waals surface area contributed by atoms with E-state index in [9.17, 15) is 9.59 Å². The van der Waals surface area contributed by atoms with Gasteiger partial charge < -0.3 is 9.64 Å². The van der Waals surface area contributed by atoms with E-state index in [1.54, 1.807) is 0 Å². The van der Waals surface area contributed by atoms with Crippen LogP contribution in [0.25, 0.3) is 21.9 Å². The van der Waals surface area contributed by atoms with Crippen molar-refractivity contribution in [3.63, 3.8) is 0 Å². The Morgan fingerprint density at radius 2 is 1.32 bits per heavy atom. The fourth-order valence-corrected chi connectivity index (χ4v) is 6.94. The van der Waals surface area contributed by atoms with Crippen LogP contribution in [0.1, 0.15) is 53.1 Å². The molecule has 4 heteroatoms. The fraction of sp³-hybridized carbons (Fsp3) is 0.273. The predicted octanol–water partition coefficient (Wildman–Crippen LogP) is 7.21. The second-order valence-electron chi connectivity index (χ2n) is 10.7. The molecule has 0 aromatic heterocycles. The van der Waals surface area contributed by atoms with Gasteiger partial charge in [0.05, 0.1) is 0 Å². The zero-order valence-corrected chi connectivity index (χ0v) is 20.7. The highest BCUT2D eigenvalue weighted by Gasteiger charge is 2.46. The number of rotatable bonds is 4. The van der Waals surface area contributed by atoms with Crippen LogP contribution in [0.4, 0.5) is 4.79 Å². The van der Waals surface area contributed by atoms with Crippen molar-refractivity contribution < 1.29 is 14.3 Å². The number of benzene rings is 4. The molecular formula is C33H29NO3. The van der Waals surface area contributed by atoms with Crippen molar-refractivity contribution in [1.82, 2.24) is 4.90 Å². The highest BCUT2D eigenvalue weighted by atomic mass is 16.6. The second-order valence-corrected chi connectivity index (χ2v) is 10.7. The van der Waals surface area contributed by atoms with Crippen LogP contribution < -0.4 is 0 Å². The van der Waals surface area contributed by atoms with Gasteiger partial charge in [-0.25, -0.2) is 4.79 Å². The topological polar surface area (TPSA) is 46.6 Å². The van der Waals surface area contributed by atoms with Crippen molar-refractivity contribution in [2.24, 2.45) is 5.92 Å². The van der Waals surface area contributed by atoms with Gasteiger partial charge in [-0.2, -0.15) is 0 Å². The molecular weight excluding hydrogens is 458 g/mol. The summed E-state index contributed by atoms with van der Waals surface area (Å²) in [5, 5.41) is 2.23. The summed E-state index contributed by atoms with van der Waals surface area (Å²) in [6, 6.07) is 31.1. The largest absolute Gasteiger partial charge is 0.448 e. The van der Waals surface area contributed by atoms with Crippen LogP contribution >= 0.6 is 0 Å². The molecule has 0 N–H and O–H groups in total. The number of hydrogen-bond donors (Lipinski definition) is 0. The number of piperidine rings is 1. The maximum Gasteiger partial charge on any atom is 0.410 e. The predicted molar refractivity (Wildman–Crippen MR) is 145 cm³/mol. The summed E-state index contributed by atoms with van der Waals surface area (Å²) in [7, 11) is 0. The average Bonchev–Trinajstić information content (AvgIpc) is 3.41. The smallest absolute Gasteiger partial charge is 0.410 e. The summed E-state index contributed by atoms with van der Waals surface area (Å²) in [6.07, 6.45) is 3.08. The van der Waals surface area contributed by atoms with Crippen molar-refractivity contribution >= 4 is 22.6 Å². The molecule has 4 aromatic carbocycles. The minimum Gasteiger partial charge on any atom is -0.448 e. The summed E-state index contributed by atoms with van der Waals surface area (Å²) < 4.78 is 5.99. The minimum absolute atomic E-state index is 0.0451. The van der Waals surface area contributed by atoms with Gasteiger partial charge in [0.2, 0.25) is 0 Å². The van der Waals surface area contributed by atoms with E-state index in [-0.39, 0.29) is 35.8 Å². The Balaban J connectivity index is 1.05. The quantitative estimate of drug-likeness (QED) is 0.286. The zero-order valence-electron chi connectivity index (χ0n) is 20.7. The number of carbonyl (C=O) groups is 2. The number of nitrogens with zero attached hydrogens (tertiary/aromatic N) is 1. The van der Waals surface area contributed by atoms with Gasteiger partial charge in [0.1, 0.15) is 6.61 Å². The molecule has 3 aliphatic rings. The maximum atomic E-state index is 13.4. The van der Waals surface area contributed by atoms with E-state index >= 15 is 0 Å². The molecule has 2 bridgehead atoms. The van der Waals surface area contributed by atoms with Gasteiger partial charge in [0, 0.05) is 29.5 Å². The molecule has 1 amide bonds. The molecule has 2 atom stereocenters. The number of carbonyl (C=O) groups excluding carboxylic acids is 2. The molecule has 7 rings (SSSR count). The van der Waals surface area contributed by atoms with Crippen LogP contribution in [-0.4, -0.2) is 35.5 Å². The van der Waals surface area contributed by atoms with Crippen LogP contribution in [0.2, 0.25) is 0 Å². The first-order chi connectivity index (χ1) is 18.2. The SMILES string of the molecule is O=C(c1ccc2ccccc2c1)C1CC2CCC(C1)N2C(=O)OCC1c2ccccc2-c2ccccc21. The second kappa shape index (κ2) is 8.88. The Hall–Kier alpha value is -3.92. The standard InChI is InChI=1S/C33H29NO3/c35-32(23-14-13-21-7-1-2-8-22(21)17-23)24-18-25-15-16-26(19-24)34(25)33(36)37-20-31-29-11-5-3-9-27(29)28-10-4-6-12-30(28)31/h1-14,17,24-26,31H,15-16,18-20H2. The summed E-state index contributed by atoms with van der Waals surface area (Å²) in [4.78, 5) is 28.7. The number of ether oxygens (including phenoxy) is 1. The van der Waals surface area contributed by atoms with E-state index in [1.165, 1.54) is 22.3 Å². The molecule has 184 valence electrons. The van der Waals surface area contributed by atoms with Crippen molar-refractivity contribution in [2.75, 3.05) is 6.61 Å². The van der Waals surface area contributed by atoms with Crippen molar-refractivity contribution in [1.29, 1.82) is 0 Å². The molecule has 2 heterocycles. The third-order valence-corrected chi connectivity index (χ3v) is 8.68. The Bertz CT molecular complexity index is 1470. The van der Waals surface area contributed by atoms with E-state index in [1.807, 2.05) is 35.2 Å². The summed E-state index contributed by atoms with van der Waals surface area (Å²) >= 11 is 0. The first-order valence-corrected chi connectivity index (χ1v) is 13.3.